The van der Waals surface area contributed by atoms with Gasteiger partial charge in [0.15, 0.2) is 0 Å². The lowest BCUT2D eigenvalue weighted by Gasteiger charge is -1.90. The van der Waals surface area contributed by atoms with E-state index in [0.717, 1.165) is 5.82 Å². The van der Waals surface area contributed by atoms with Crippen LogP contribution in [0.4, 0.5) is 0 Å². The zero-order chi connectivity index (χ0) is 6.69. The molecule has 0 bridgehead atoms. The van der Waals surface area contributed by atoms with Crippen molar-refractivity contribution in [3.8, 4) is 0 Å². The normalized spacial score (nSPS) is 8.89. The number of hydrogen-bond donors (Lipinski definition) is 0. The molecule has 0 aliphatic carbocycles. The summed E-state index contributed by atoms with van der Waals surface area (Å²) in [4.78, 5) is 7.17. The summed E-state index contributed by atoms with van der Waals surface area (Å²) in [5, 5.41) is 0. The minimum atomic E-state index is 0.381. The van der Waals surface area contributed by atoms with Crippen LogP contribution >= 0.6 is 0 Å². The van der Waals surface area contributed by atoms with Crippen LogP contribution in [0.2, 0.25) is 0 Å². The Morgan fingerprint density at radius 1 is 1.89 bits per heavy atom. The van der Waals surface area contributed by atoms with Gasteiger partial charge in [0.1, 0.15) is 5.82 Å². The molecule has 46 valence electrons. The van der Waals surface area contributed by atoms with E-state index in [4.69, 9.17) is 6.57 Å². The highest BCUT2D eigenvalue weighted by molar-refractivity contribution is 4.88. The molecule has 1 aromatic rings. The lowest BCUT2D eigenvalue weighted by molar-refractivity contribution is 0.777. The Kier molecular flexibility index (Phi) is 1.50. The van der Waals surface area contributed by atoms with E-state index in [1.807, 2.05) is 6.92 Å². The lowest BCUT2D eigenvalue weighted by Crippen LogP contribution is -1.93. The largest absolute Gasteiger partial charge is 0.294 e. The number of aromatic nitrogens is 2. The predicted octanol–water partition coefficient (Wildman–Crippen LogP) is 1.07. The number of nitrogens with zero attached hydrogens (tertiary/aromatic N) is 3. The quantitative estimate of drug-likeness (QED) is 0.509. The molecule has 3 nitrogen and oxygen atoms in total. The Labute approximate surface area is 53.8 Å². The third kappa shape index (κ3) is 1.08. The van der Waals surface area contributed by atoms with Gasteiger partial charge in [0.2, 0.25) is 0 Å². The monoisotopic (exact) mass is 121 g/mol. The smallest absolute Gasteiger partial charge is 0.293 e. The third-order valence-corrected chi connectivity index (χ3v) is 1.15. The van der Waals surface area contributed by atoms with Crippen molar-refractivity contribution in [1.82, 2.24) is 9.55 Å². The summed E-state index contributed by atoms with van der Waals surface area (Å²) in [6.45, 7) is 8.81. The highest BCUT2D eigenvalue weighted by Crippen LogP contribution is 1.93. The molecule has 1 heterocycles. The zero-order valence-corrected chi connectivity index (χ0v) is 5.20. The van der Waals surface area contributed by atoms with Crippen LogP contribution in [0.15, 0.2) is 12.4 Å². The average molecular weight is 121 g/mol. The maximum absolute atomic E-state index is 6.55. The van der Waals surface area contributed by atoms with E-state index in [2.05, 4.69) is 9.83 Å². The molecule has 0 aliphatic rings. The highest BCUT2D eigenvalue weighted by atomic mass is 15.1. The Morgan fingerprint density at radius 3 is 3.11 bits per heavy atom. The fraction of sp³-hybridized carbons (Fsp3) is 0.333. The first-order valence-electron chi connectivity index (χ1n) is 2.65. The molecule has 1 aromatic heterocycles. The maximum Gasteiger partial charge on any atom is 0.294 e. The predicted molar refractivity (Wildman–Crippen MR) is 33.6 cm³/mol. The van der Waals surface area contributed by atoms with Crippen molar-refractivity contribution in [2.45, 2.75) is 13.6 Å². The molecule has 0 fully saturated rings. The molecule has 0 aliphatic heterocycles. The van der Waals surface area contributed by atoms with Crippen molar-refractivity contribution >= 4 is 0 Å². The van der Waals surface area contributed by atoms with E-state index < -0.39 is 0 Å². The van der Waals surface area contributed by atoms with Crippen molar-refractivity contribution in [3.05, 3.63) is 29.6 Å². The first-order chi connectivity index (χ1) is 4.34. The lowest BCUT2D eigenvalue weighted by atomic mass is 10.7. The zero-order valence-electron chi connectivity index (χ0n) is 5.20. The number of imidazole rings is 1. The van der Waals surface area contributed by atoms with Gasteiger partial charge in [-0.05, 0) is 6.92 Å². The topological polar surface area (TPSA) is 22.2 Å². The molecular weight excluding hydrogens is 114 g/mol. The fourth-order valence-electron chi connectivity index (χ4n) is 0.629. The average Bonchev–Trinajstić information content (AvgIpc) is 2.18. The first kappa shape index (κ1) is 5.83. The Balaban J connectivity index is 2.84. The van der Waals surface area contributed by atoms with Crippen LogP contribution in [0.1, 0.15) is 5.82 Å². The first-order valence-corrected chi connectivity index (χ1v) is 2.65. The van der Waals surface area contributed by atoms with E-state index in [9.17, 15) is 0 Å². The molecule has 3 heteroatoms. The van der Waals surface area contributed by atoms with Crippen molar-refractivity contribution in [2.75, 3.05) is 0 Å². The number of aryl methyl sites for hydroxylation is 1. The summed E-state index contributed by atoms with van der Waals surface area (Å²) in [5.41, 5.74) is 0. The van der Waals surface area contributed by atoms with E-state index in [1.54, 1.807) is 17.0 Å². The number of rotatable bonds is 1. The molecule has 0 radical (unpaired) electrons. The summed E-state index contributed by atoms with van der Waals surface area (Å²) in [7, 11) is 0. The van der Waals surface area contributed by atoms with Crippen LogP contribution < -0.4 is 0 Å². The van der Waals surface area contributed by atoms with E-state index in [1.165, 1.54) is 0 Å². The second-order valence-electron chi connectivity index (χ2n) is 1.74. The molecular formula is C6H7N3. The Bertz CT molecular complexity index is 231. The molecule has 0 saturated carbocycles. The van der Waals surface area contributed by atoms with Crippen molar-refractivity contribution in [1.29, 1.82) is 0 Å². The van der Waals surface area contributed by atoms with Gasteiger partial charge in [0.05, 0.1) is 0 Å². The van der Waals surface area contributed by atoms with E-state index >= 15 is 0 Å². The maximum atomic E-state index is 6.55. The molecule has 0 atom stereocenters. The second kappa shape index (κ2) is 2.31. The van der Waals surface area contributed by atoms with Gasteiger partial charge in [-0.1, -0.05) is 0 Å². The van der Waals surface area contributed by atoms with Crippen LogP contribution in [0.25, 0.3) is 4.85 Å². The highest BCUT2D eigenvalue weighted by Gasteiger charge is 1.94. The Morgan fingerprint density at radius 2 is 2.67 bits per heavy atom. The fourth-order valence-corrected chi connectivity index (χ4v) is 0.629. The van der Waals surface area contributed by atoms with Crippen molar-refractivity contribution in [2.24, 2.45) is 0 Å². The summed E-state index contributed by atoms with van der Waals surface area (Å²) in [6, 6.07) is 0. The molecule has 0 amide bonds. The van der Waals surface area contributed by atoms with Crippen LogP contribution in [0.3, 0.4) is 0 Å². The van der Waals surface area contributed by atoms with E-state index in [-0.39, 0.29) is 0 Å². The van der Waals surface area contributed by atoms with Crippen molar-refractivity contribution in [3.63, 3.8) is 0 Å². The molecule has 1 rings (SSSR count). The summed E-state index contributed by atoms with van der Waals surface area (Å²) < 4.78 is 1.80. The van der Waals surface area contributed by atoms with Crippen LogP contribution in [-0.2, 0) is 6.67 Å². The second-order valence-corrected chi connectivity index (χ2v) is 1.74. The summed E-state index contributed by atoms with van der Waals surface area (Å²) >= 11 is 0. The molecule has 9 heavy (non-hydrogen) atoms. The molecule has 0 aromatic carbocycles. The third-order valence-electron chi connectivity index (χ3n) is 1.15. The van der Waals surface area contributed by atoms with Crippen LogP contribution in [0.5, 0.6) is 0 Å². The summed E-state index contributed by atoms with van der Waals surface area (Å²) in [6.07, 6.45) is 3.49. The van der Waals surface area contributed by atoms with Gasteiger partial charge in [0, 0.05) is 12.4 Å². The summed E-state index contributed by atoms with van der Waals surface area (Å²) in [5.74, 6) is 0.894. The van der Waals surface area contributed by atoms with Gasteiger partial charge in [-0.15, -0.1) is 0 Å². The van der Waals surface area contributed by atoms with E-state index in [0.29, 0.717) is 6.67 Å². The molecule has 0 unspecified atom stereocenters. The molecule has 0 spiro atoms. The SMILES string of the molecule is [C-]#[N+]Cn1ccnc1C. The van der Waals surface area contributed by atoms with Crippen LogP contribution in [0, 0.1) is 13.5 Å². The van der Waals surface area contributed by atoms with Gasteiger partial charge in [-0.3, -0.25) is 9.41 Å². The minimum Gasteiger partial charge on any atom is -0.293 e. The number of hydrogen-bond acceptors (Lipinski definition) is 1. The van der Waals surface area contributed by atoms with Gasteiger partial charge < -0.3 is 0 Å². The van der Waals surface area contributed by atoms with Crippen LogP contribution in [-0.4, -0.2) is 9.55 Å². The van der Waals surface area contributed by atoms with Gasteiger partial charge in [-0.2, -0.15) is 0 Å². The van der Waals surface area contributed by atoms with Gasteiger partial charge in [0.25, 0.3) is 6.67 Å². The molecule has 0 saturated heterocycles. The van der Waals surface area contributed by atoms with Gasteiger partial charge in [-0.25, -0.2) is 11.6 Å². The van der Waals surface area contributed by atoms with Gasteiger partial charge >= 0.3 is 0 Å². The minimum absolute atomic E-state index is 0.381. The standard InChI is InChI=1S/C6H7N3/c1-6-8-3-4-9(6)5-7-2/h3-4H,5H2,1H3. The van der Waals surface area contributed by atoms with Crippen molar-refractivity contribution < 1.29 is 0 Å². The molecule has 0 N–H and O–H groups in total. The Hall–Kier alpha value is -1.30.